The molecule has 0 spiro atoms. The van der Waals surface area contributed by atoms with Crippen molar-refractivity contribution in [1.82, 2.24) is 0 Å². The van der Waals surface area contributed by atoms with Crippen LogP contribution in [-0.4, -0.2) is 5.75 Å². The minimum absolute atomic E-state index is 0.944. The van der Waals surface area contributed by atoms with E-state index < -0.39 is 0 Å². The largest absolute Gasteiger partial charge is 0.180 e. The topological polar surface area (TPSA) is 0 Å². The Hall–Kier alpha value is -0.0800. The maximum Gasteiger partial charge on any atom is -0.0126 e. The molecular weight excluding hydrogens is 208 g/mol. The third-order valence-corrected chi connectivity index (χ3v) is 1.02. The van der Waals surface area contributed by atoms with E-state index in [0.717, 1.165) is 10.7 Å². The van der Waals surface area contributed by atoms with Gasteiger partial charge in [-0.05, 0) is 38.4 Å². The van der Waals surface area contributed by atoms with Crippen molar-refractivity contribution in [2.45, 2.75) is 34.6 Å². The molecule has 0 aromatic rings. The van der Waals surface area contributed by atoms with Gasteiger partial charge in [-0.15, -0.1) is 19.2 Å². The van der Waals surface area contributed by atoms with Crippen LogP contribution in [0.5, 0.6) is 0 Å². The average molecular weight is 232 g/mol. The first-order valence-corrected chi connectivity index (χ1v) is 5.76. The Balaban J connectivity index is -0.000000168. The summed E-state index contributed by atoms with van der Waals surface area (Å²) in [6, 6.07) is 0. The van der Waals surface area contributed by atoms with Crippen molar-refractivity contribution in [2.24, 2.45) is 0 Å². The lowest BCUT2D eigenvalue weighted by Gasteiger charge is -1.87. The van der Waals surface area contributed by atoms with E-state index in [1.54, 1.807) is 6.08 Å². The summed E-state index contributed by atoms with van der Waals surface area (Å²) >= 11 is 7.90. The maximum atomic E-state index is 4.11. The van der Waals surface area contributed by atoms with Crippen LogP contribution in [0.1, 0.15) is 34.6 Å². The second kappa shape index (κ2) is 18.7. The lowest BCUT2D eigenvalue weighted by molar-refractivity contribution is 1.45. The van der Waals surface area contributed by atoms with Gasteiger partial charge in [-0.3, -0.25) is 0 Å². The number of hydrogen-bond acceptors (Lipinski definition) is 2. The minimum Gasteiger partial charge on any atom is -0.180 e. The highest BCUT2D eigenvalue weighted by molar-refractivity contribution is 7.84. The molecule has 0 unspecified atom stereocenters. The van der Waals surface area contributed by atoms with Gasteiger partial charge < -0.3 is 0 Å². The van der Waals surface area contributed by atoms with Gasteiger partial charge in [0.15, 0.2) is 0 Å². The summed E-state index contributed by atoms with van der Waals surface area (Å²) in [5.74, 6) is 0.944. The predicted octanol–water partition coefficient (Wildman–Crippen LogP) is 4.91. The minimum atomic E-state index is 0.944. The molecule has 0 aliphatic carbocycles. The fraction of sp³-hybridized carbons (Fsp3) is 0.500. The Kier molecular flexibility index (Phi) is 26.0. The smallest absolute Gasteiger partial charge is 0.0126 e. The van der Waals surface area contributed by atoms with Gasteiger partial charge in [-0.1, -0.05) is 30.7 Å². The Morgan fingerprint density at radius 1 is 1.29 bits per heavy atom. The van der Waals surface area contributed by atoms with Crippen LogP contribution in [0.4, 0.5) is 0 Å². The van der Waals surface area contributed by atoms with Gasteiger partial charge in [0, 0.05) is 0 Å². The number of allylic oxidation sites excluding steroid dienone is 5. The first-order valence-electron chi connectivity index (χ1n) is 4.68. The summed E-state index contributed by atoms with van der Waals surface area (Å²) in [6.07, 6.45) is 5.84. The van der Waals surface area contributed by atoms with Crippen molar-refractivity contribution in [1.29, 1.82) is 0 Å². The van der Waals surface area contributed by atoms with Crippen LogP contribution in [-0.2, 0) is 0 Å². The van der Waals surface area contributed by atoms with E-state index in [-0.39, 0.29) is 0 Å². The zero-order valence-electron chi connectivity index (χ0n) is 10.0. The Morgan fingerprint density at radius 3 is 1.64 bits per heavy atom. The van der Waals surface area contributed by atoms with Crippen LogP contribution in [0.2, 0.25) is 0 Å². The van der Waals surface area contributed by atoms with Crippen LogP contribution in [0, 0.1) is 0 Å². The molecule has 0 saturated carbocycles. The highest BCUT2D eigenvalue weighted by Crippen LogP contribution is 2.03. The molecule has 0 heterocycles. The highest BCUT2D eigenvalue weighted by atomic mass is 32.1. The molecule has 0 aromatic heterocycles. The molecule has 84 valence electrons. The van der Waals surface area contributed by atoms with E-state index in [1.807, 2.05) is 33.8 Å². The molecular formula is C12H24S2. The second-order valence-electron chi connectivity index (χ2n) is 2.54. The summed E-state index contributed by atoms with van der Waals surface area (Å²) in [6.45, 7) is 13.3. The van der Waals surface area contributed by atoms with E-state index in [0.29, 0.717) is 0 Å². The zero-order valence-corrected chi connectivity index (χ0v) is 11.8. The van der Waals surface area contributed by atoms with Gasteiger partial charge in [0.2, 0.25) is 0 Å². The molecule has 0 nitrogen and oxygen atoms in total. The fourth-order valence-corrected chi connectivity index (χ4v) is 0.616. The SMILES string of the molecule is C/C=C(C)/C=C(\C)S.C=CC.CCS. The number of rotatable bonds is 1. The summed E-state index contributed by atoms with van der Waals surface area (Å²) in [5.41, 5.74) is 1.26. The van der Waals surface area contributed by atoms with Gasteiger partial charge in [0.05, 0.1) is 0 Å². The molecule has 0 rings (SSSR count). The quantitative estimate of drug-likeness (QED) is 0.358. The summed E-state index contributed by atoms with van der Waals surface area (Å²) < 4.78 is 0. The molecule has 0 aliphatic heterocycles. The van der Waals surface area contributed by atoms with Crippen molar-refractivity contribution >= 4 is 25.3 Å². The lowest BCUT2D eigenvalue weighted by Crippen LogP contribution is -1.65. The van der Waals surface area contributed by atoms with Crippen molar-refractivity contribution in [2.75, 3.05) is 5.75 Å². The predicted molar refractivity (Wildman–Crippen MR) is 77.6 cm³/mol. The maximum absolute atomic E-state index is 4.11. The third-order valence-electron chi connectivity index (χ3n) is 0.892. The molecule has 0 bridgehead atoms. The van der Waals surface area contributed by atoms with E-state index in [4.69, 9.17) is 0 Å². The van der Waals surface area contributed by atoms with Crippen LogP contribution >= 0.6 is 25.3 Å². The van der Waals surface area contributed by atoms with Crippen LogP contribution < -0.4 is 0 Å². The van der Waals surface area contributed by atoms with Crippen LogP contribution in [0.3, 0.4) is 0 Å². The van der Waals surface area contributed by atoms with Crippen molar-refractivity contribution in [3.8, 4) is 0 Å². The molecule has 0 amide bonds. The lowest BCUT2D eigenvalue weighted by atomic mass is 10.3. The van der Waals surface area contributed by atoms with E-state index in [2.05, 4.69) is 44.8 Å². The number of thiol groups is 2. The second-order valence-corrected chi connectivity index (χ2v) is 3.88. The monoisotopic (exact) mass is 232 g/mol. The van der Waals surface area contributed by atoms with E-state index in [1.165, 1.54) is 5.57 Å². The standard InChI is InChI=1S/C7H12S.C3H6.C2H6S/c1-4-6(2)5-7(3)8;1-3-2;1-2-3/h4-5,8H,1-3H3;3H,1H2,2H3;3H,2H2,1H3/b6-4+,7-5+;;. The first-order chi connectivity index (χ1) is 6.49. The normalized spacial score (nSPS) is 10.5. The van der Waals surface area contributed by atoms with Gasteiger partial charge >= 0.3 is 0 Å². The molecule has 0 aromatic carbocycles. The van der Waals surface area contributed by atoms with Crippen molar-refractivity contribution < 1.29 is 0 Å². The van der Waals surface area contributed by atoms with Crippen molar-refractivity contribution in [3.05, 3.63) is 35.3 Å². The van der Waals surface area contributed by atoms with Crippen molar-refractivity contribution in [3.63, 3.8) is 0 Å². The summed E-state index contributed by atoms with van der Waals surface area (Å²) in [4.78, 5) is 1.06. The third kappa shape index (κ3) is 40.6. The van der Waals surface area contributed by atoms with Gasteiger partial charge in [0.25, 0.3) is 0 Å². The number of hydrogen-bond donors (Lipinski definition) is 2. The first kappa shape index (κ1) is 19.5. The molecule has 14 heavy (non-hydrogen) atoms. The van der Waals surface area contributed by atoms with E-state index >= 15 is 0 Å². The van der Waals surface area contributed by atoms with E-state index in [9.17, 15) is 0 Å². The average Bonchev–Trinajstić information content (AvgIpc) is 2.06. The van der Waals surface area contributed by atoms with Crippen LogP contribution in [0.15, 0.2) is 35.3 Å². The van der Waals surface area contributed by atoms with Gasteiger partial charge in [-0.25, -0.2) is 0 Å². The Morgan fingerprint density at radius 2 is 1.57 bits per heavy atom. The molecule has 0 N–H and O–H groups in total. The molecule has 0 aliphatic rings. The molecule has 0 radical (unpaired) electrons. The Labute approximate surface area is 101 Å². The summed E-state index contributed by atoms with van der Waals surface area (Å²) in [5, 5.41) is 0. The fourth-order valence-electron chi connectivity index (χ4n) is 0.413. The van der Waals surface area contributed by atoms with Gasteiger partial charge in [0.1, 0.15) is 0 Å². The molecule has 0 saturated heterocycles. The highest BCUT2D eigenvalue weighted by Gasteiger charge is 1.77. The van der Waals surface area contributed by atoms with Gasteiger partial charge in [-0.2, -0.15) is 12.6 Å². The molecule has 0 fully saturated rings. The zero-order chi connectivity index (χ0) is 12.0. The Bertz CT molecular complexity index is 163. The van der Waals surface area contributed by atoms with Crippen LogP contribution in [0.25, 0.3) is 0 Å². The molecule has 2 heteroatoms. The molecule has 0 atom stereocenters. The summed E-state index contributed by atoms with van der Waals surface area (Å²) in [7, 11) is 0.